The number of likely N-dealkylation sites (tertiary alicyclic amines) is 1. The lowest BCUT2D eigenvalue weighted by atomic mass is 10.1. The molecule has 0 bridgehead atoms. The fourth-order valence-electron chi connectivity index (χ4n) is 3.66. The third-order valence-corrected chi connectivity index (χ3v) is 6.19. The summed E-state index contributed by atoms with van der Waals surface area (Å²) in [4.78, 5) is 4.54. The molecule has 1 saturated heterocycles. The molecule has 1 aromatic carbocycles. The van der Waals surface area contributed by atoms with Crippen molar-refractivity contribution in [2.24, 2.45) is 0 Å². The van der Waals surface area contributed by atoms with Crippen molar-refractivity contribution < 1.29 is 17.9 Å². The third-order valence-electron chi connectivity index (χ3n) is 5.02. The number of alkyl halides is 2. The molecule has 0 amide bonds. The number of rotatable bonds is 4. The molecule has 7 heteroatoms. The van der Waals surface area contributed by atoms with Crippen LogP contribution in [0.2, 0.25) is 0 Å². The van der Waals surface area contributed by atoms with E-state index in [9.17, 15) is 8.78 Å². The van der Waals surface area contributed by atoms with Gasteiger partial charge in [0.15, 0.2) is 0 Å². The first-order chi connectivity index (χ1) is 12.3. The zero-order chi connectivity index (χ0) is 18.5. The second-order valence-corrected chi connectivity index (χ2v) is 8.11. The number of furan rings is 1. The number of hydrogen-bond donors (Lipinski definition) is 0. The molecule has 3 heterocycles. The summed E-state index contributed by atoms with van der Waals surface area (Å²) in [5.41, 5.74) is 1.73. The minimum absolute atomic E-state index is 0.178. The summed E-state index contributed by atoms with van der Waals surface area (Å²) < 4.78 is 40.0. The van der Waals surface area contributed by atoms with Gasteiger partial charge in [0.05, 0.1) is 12.4 Å². The number of ether oxygens (including phenoxy) is 1. The molecule has 2 aromatic rings. The van der Waals surface area contributed by atoms with Crippen LogP contribution in [-0.4, -0.2) is 54.4 Å². The maximum absolute atomic E-state index is 14.3. The molecule has 0 N–H and O–H groups in total. The van der Waals surface area contributed by atoms with Gasteiger partial charge in [-0.2, -0.15) is 0 Å². The smallest absolute Gasteiger partial charge is 0.281 e. The summed E-state index contributed by atoms with van der Waals surface area (Å²) in [7, 11) is 1.74. The highest BCUT2D eigenvalue weighted by Crippen LogP contribution is 2.40. The summed E-state index contributed by atoms with van der Waals surface area (Å²) in [5, 5.41) is 1.00. The molecule has 1 unspecified atom stereocenters. The van der Waals surface area contributed by atoms with Crippen LogP contribution < -0.4 is 4.74 Å². The molecular formula is C19H22F2N2O2S. The Morgan fingerprint density at radius 2 is 2.12 bits per heavy atom. The van der Waals surface area contributed by atoms with Crippen molar-refractivity contribution in [3.05, 3.63) is 40.6 Å². The van der Waals surface area contributed by atoms with Crippen LogP contribution in [0, 0.1) is 6.92 Å². The van der Waals surface area contributed by atoms with E-state index in [1.807, 2.05) is 43.0 Å². The largest absolute Gasteiger partial charge is 0.488 e. The van der Waals surface area contributed by atoms with E-state index in [2.05, 4.69) is 0 Å². The maximum Gasteiger partial charge on any atom is 0.281 e. The van der Waals surface area contributed by atoms with Crippen LogP contribution in [0.25, 0.3) is 11.0 Å². The zero-order valence-electron chi connectivity index (χ0n) is 15.1. The van der Waals surface area contributed by atoms with E-state index in [1.165, 1.54) is 0 Å². The number of benzene rings is 1. The van der Waals surface area contributed by atoms with Gasteiger partial charge in [-0.05, 0) is 45.2 Å². The van der Waals surface area contributed by atoms with E-state index < -0.39 is 12.0 Å². The van der Waals surface area contributed by atoms with Gasteiger partial charge >= 0.3 is 0 Å². The van der Waals surface area contributed by atoms with E-state index >= 15 is 0 Å². The standard InChI is InChI=1S/C19H22F2N2O2S/c1-12-6-14-7-15(4-5-16(14)25-12)24-9-17-13(2)23(11-26-17)18-8-22(3)10-19(18,20)21/h4-7,18H,8-11H2,1-3H3. The number of likely N-dealkylation sites (N-methyl/N-ethyl adjacent to an activating group) is 1. The first-order valence-electron chi connectivity index (χ1n) is 8.62. The monoisotopic (exact) mass is 380 g/mol. The molecule has 2 aliphatic rings. The van der Waals surface area contributed by atoms with Gasteiger partial charge in [0, 0.05) is 22.5 Å². The summed E-state index contributed by atoms with van der Waals surface area (Å²) in [6.45, 7) is 4.42. The van der Waals surface area contributed by atoms with Gasteiger partial charge in [0.2, 0.25) is 0 Å². The molecule has 1 atom stereocenters. The van der Waals surface area contributed by atoms with Crippen molar-refractivity contribution >= 4 is 22.7 Å². The molecule has 1 fully saturated rings. The summed E-state index contributed by atoms with van der Waals surface area (Å²) in [6.07, 6.45) is 0. The van der Waals surface area contributed by atoms with E-state index in [4.69, 9.17) is 9.15 Å². The van der Waals surface area contributed by atoms with Gasteiger partial charge < -0.3 is 14.1 Å². The van der Waals surface area contributed by atoms with Crippen LogP contribution in [0.1, 0.15) is 12.7 Å². The lowest BCUT2D eigenvalue weighted by Gasteiger charge is -2.30. The molecule has 0 radical (unpaired) electrons. The Labute approximate surface area is 155 Å². The van der Waals surface area contributed by atoms with Crippen molar-refractivity contribution in [3.8, 4) is 5.75 Å². The first kappa shape index (κ1) is 17.7. The Balaban J connectivity index is 1.46. The number of allylic oxidation sites excluding steroid dienone is 1. The van der Waals surface area contributed by atoms with E-state index in [-0.39, 0.29) is 6.54 Å². The Morgan fingerprint density at radius 3 is 2.85 bits per heavy atom. The van der Waals surface area contributed by atoms with Crippen LogP contribution >= 0.6 is 11.8 Å². The highest BCUT2D eigenvalue weighted by Gasteiger charge is 2.50. The maximum atomic E-state index is 14.3. The second-order valence-electron chi connectivity index (χ2n) is 7.07. The Morgan fingerprint density at radius 1 is 1.31 bits per heavy atom. The van der Waals surface area contributed by atoms with Gasteiger partial charge in [0.25, 0.3) is 5.92 Å². The minimum Gasteiger partial charge on any atom is -0.488 e. The highest BCUT2D eigenvalue weighted by atomic mass is 32.2. The van der Waals surface area contributed by atoms with Gasteiger partial charge in [-0.3, -0.25) is 4.90 Å². The number of aryl methyl sites for hydroxylation is 1. The zero-order valence-corrected chi connectivity index (χ0v) is 15.9. The highest BCUT2D eigenvalue weighted by molar-refractivity contribution is 8.03. The molecule has 4 nitrogen and oxygen atoms in total. The summed E-state index contributed by atoms with van der Waals surface area (Å²) in [6, 6.07) is 6.92. The van der Waals surface area contributed by atoms with Crippen LogP contribution in [-0.2, 0) is 0 Å². The van der Waals surface area contributed by atoms with E-state index in [0.29, 0.717) is 19.0 Å². The SMILES string of the molecule is CC1=C(COc2ccc3oc(C)cc3c2)SCN1C1CN(C)CC1(F)F. The average Bonchev–Trinajstić information content (AvgIpc) is 3.19. The van der Waals surface area contributed by atoms with Gasteiger partial charge in [0.1, 0.15) is 29.7 Å². The lowest BCUT2D eigenvalue weighted by Crippen LogP contribution is -2.44. The third kappa shape index (κ3) is 3.18. The molecule has 0 aliphatic carbocycles. The molecule has 2 aliphatic heterocycles. The molecule has 0 saturated carbocycles. The first-order valence-corrected chi connectivity index (χ1v) is 9.60. The van der Waals surface area contributed by atoms with Crippen LogP contribution in [0.3, 0.4) is 0 Å². The predicted molar refractivity (Wildman–Crippen MR) is 99.7 cm³/mol. The van der Waals surface area contributed by atoms with Crippen LogP contribution in [0.4, 0.5) is 8.78 Å². The Kier molecular flexibility index (Phi) is 4.39. The quantitative estimate of drug-likeness (QED) is 0.789. The number of thioether (sulfide) groups is 1. The van der Waals surface area contributed by atoms with E-state index in [0.717, 1.165) is 33.1 Å². The number of hydrogen-bond acceptors (Lipinski definition) is 5. The molecule has 4 rings (SSSR count). The minimum atomic E-state index is -2.68. The molecule has 1 aromatic heterocycles. The molecule has 0 spiro atoms. The number of fused-ring (bicyclic) bond motifs is 1. The Hall–Kier alpha value is -1.73. The summed E-state index contributed by atoms with van der Waals surface area (Å²) in [5.74, 6) is -0.515. The number of nitrogens with zero attached hydrogens (tertiary/aromatic N) is 2. The fourth-order valence-corrected chi connectivity index (χ4v) is 4.79. The van der Waals surface area contributed by atoms with Crippen molar-refractivity contribution in [2.75, 3.05) is 32.6 Å². The van der Waals surface area contributed by atoms with Crippen LogP contribution in [0.5, 0.6) is 5.75 Å². The summed E-state index contributed by atoms with van der Waals surface area (Å²) >= 11 is 1.58. The fraction of sp³-hybridized carbons (Fsp3) is 0.474. The Bertz CT molecular complexity index is 864. The van der Waals surface area contributed by atoms with Gasteiger partial charge in [-0.25, -0.2) is 8.78 Å². The molecule has 26 heavy (non-hydrogen) atoms. The predicted octanol–water partition coefficient (Wildman–Crippen LogP) is 4.31. The second kappa shape index (κ2) is 6.46. The van der Waals surface area contributed by atoms with Crippen molar-refractivity contribution in [1.82, 2.24) is 9.80 Å². The van der Waals surface area contributed by atoms with Crippen LogP contribution in [0.15, 0.2) is 39.3 Å². The van der Waals surface area contributed by atoms with Crippen molar-refractivity contribution in [1.29, 1.82) is 0 Å². The number of halogens is 2. The average molecular weight is 380 g/mol. The van der Waals surface area contributed by atoms with Gasteiger partial charge in [-0.15, -0.1) is 11.8 Å². The lowest BCUT2D eigenvalue weighted by molar-refractivity contribution is -0.0363. The van der Waals surface area contributed by atoms with Crippen molar-refractivity contribution in [2.45, 2.75) is 25.8 Å². The topological polar surface area (TPSA) is 28.9 Å². The normalized spacial score (nSPS) is 23.4. The van der Waals surface area contributed by atoms with Gasteiger partial charge in [-0.1, -0.05) is 0 Å². The molecule has 140 valence electrons. The van der Waals surface area contributed by atoms with Crippen molar-refractivity contribution in [3.63, 3.8) is 0 Å². The molecular weight excluding hydrogens is 358 g/mol. The van der Waals surface area contributed by atoms with E-state index in [1.54, 1.807) is 23.7 Å².